The molecule has 1 nitrogen and oxygen atoms in total. The van der Waals surface area contributed by atoms with Crippen molar-refractivity contribution in [3.05, 3.63) is 41.5 Å². The molecule has 1 fully saturated rings. The summed E-state index contributed by atoms with van der Waals surface area (Å²) in [6, 6.07) is 8.84. The second kappa shape index (κ2) is 4.72. The molecule has 16 heavy (non-hydrogen) atoms. The van der Waals surface area contributed by atoms with Gasteiger partial charge in [0.25, 0.3) is 0 Å². The van der Waals surface area contributed by atoms with Gasteiger partial charge in [-0.25, -0.2) is 0 Å². The van der Waals surface area contributed by atoms with Crippen molar-refractivity contribution in [2.24, 2.45) is 5.92 Å². The van der Waals surface area contributed by atoms with Crippen molar-refractivity contribution in [3.8, 4) is 0 Å². The second-order valence-electron chi connectivity index (χ2n) is 4.82. The Hall–Kier alpha value is 0.0239. The Morgan fingerprint density at radius 1 is 1.31 bits per heavy atom. The van der Waals surface area contributed by atoms with Gasteiger partial charge in [0.2, 0.25) is 0 Å². The van der Waals surface area contributed by atoms with Gasteiger partial charge in [-0.3, -0.25) is 0 Å². The van der Waals surface area contributed by atoms with Gasteiger partial charge in [0.1, 0.15) is 0 Å². The molecule has 1 heterocycles. The first-order valence-corrected chi connectivity index (χ1v) is 5.82. The first kappa shape index (κ1) is 12.5. The molecular formula is C14H17NY. The minimum absolute atomic E-state index is 0. The van der Waals surface area contributed by atoms with Gasteiger partial charge in [-0.05, 0) is 36.6 Å². The molecule has 0 aromatic heterocycles. The van der Waals surface area contributed by atoms with Crippen LogP contribution >= 0.6 is 0 Å². The van der Waals surface area contributed by atoms with E-state index < -0.39 is 0 Å². The number of piperidine rings is 1. The third kappa shape index (κ3) is 1.74. The maximum atomic E-state index is 3.48. The van der Waals surface area contributed by atoms with Crippen LogP contribution in [-0.4, -0.2) is 13.1 Å². The average molecular weight is 288 g/mol. The Morgan fingerprint density at radius 2 is 2.12 bits per heavy atom. The van der Waals surface area contributed by atoms with Crippen molar-refractivity contribution in [1.29, 1.82) is 0 Å². The van der Waals surface area contributed by atoms with Crippen LogP contribution in [0, 0.1) is 5.92 Å². The first-order valence-electron chi connectivity index (χ1n) is 5.82. The Labute approximate surface area is 123 Å². The SMILES string of the molecule is C[C@H]1CNCC[C@@]12C=Cc1ccccc12.[Y]. The quantitative estimate of drug-likeness (QED) is 0.773. The third-order valence-electron chi connectivity index (χ3n) is 4.07. The van der Waals surface area contributed by atoms with Crippen molar-refractivity contribution in [2.75, 3.05) is 13.1 Å². The molecule has 2 heteroatoms. The van der Waals surface area contributed by atoms with E-state index in [0.717, 1.165) is 13.1 Å². The zero-order valence-corrected chi connectivity index (χ0v) is 12.6. The molecule has 1 aliphatic heterocycles. The minimum atomic E-state index is 0. The predicted molar refractivity (Wildman–Crippen MR) is 63.8 cm³/mol. The molecule has 0 bridgehead atoms. The molecule has 1 saturated heterocycles. The van der Waals surface area contributed by atoms with E-state index in [-0.39, 0.29) is 32.7 Å². The monoisotopic (exact) mass is 288 g/mol. The van der Waals surface area contributed by atoms with E-state index in [4.69, 9.17) is 0 Å². The number of nitrogens with one attached hydrogen (secondary N) is 1. The van der Waals surface area contributed by atoms with Gasteiger partial charge in [0.15, 0.2) is 0 Å². The van der Waals surface area contributed by atoms with Crippen LogP contribution in [0.25, 0.3) is 6.08 Å². The number of rotatable bonds is 0. The Balaban J connectivity index is 0.000000963. The maximum absolute atomic E-state index is 3.48. The van der Waals surface area contributed by atoms with E-state index in [0.29, 0.717) is 11.3 Å². The van der Waals surface area contributed by atoms with Crippen LogP contribution in [0.15, 0.2) is 30.3 Å². The molecule has 0 unspecified atom stereocenters. The fraction of sp³-hybridized carbons (Fsp3) is 0.429. The van der Waals surface area contributed by atoms with Crippen molar-refractivity contribution in [2.45, 2.75) is 18.8 Å². The van der Waals surface area contributed by atoms with E-state index in [1.807, 2.05) is 0 Å². The van der Waals surface area contributed by atoms with Crippen molar-refractivity contribution < 1.29 is 32.7 Å². The summed E-state index contributed by atoms with van der Waals surface area (Å²) in [4.78, 5) is 0. The van der Waals surface area contributed by atoms with Gasteiger partial charge in [-0.1, -0.05) is 43.3 Å². The maximum Gasteiger partial charge on any atom is 0.0191 e. The summed E-state index contributed by atoms with van der Waals surface area (Å²) in [5, 5.41) is 3.48. The van der Waals surface area contributed by atoms with Crippen LogP contribution in [-0.2, 0) is 38.1 Å². The van der Waals surface area contributed by atoms with Crippen molar-refractivity contribution in [1.82, 2.24) is 5.32 Å². The summed E-state index contributed by atoms with van der Waals surface area (Å²) in [5.41, 5.74) is 3.28. The van der Waals surface area contributed by atoms with E-state index in [1.165, 1.54) is 12.0 Å². The molecule has 1 radical (unpaired) electrons. The van der Waals surface area contributed by atoms with Crippen molar-refractivity contribution in [3.63, 3.8) is 0 Å². The summed E-state index contributed by atoms with van der Waals surface area (Å²) in [6.45, 7) is 4.64. The molecule has 1 aromatic carbocycles. The number of fused-ring (bicyclic) bond motifs is 2. The summed E-state index contributed by atoms with van der Waals surface area (Å²) < 4.78 is 0. The third-order valence-corrected chi connectivity index (χ3v) is 4.07. The fourth-order valence-electron chi connectivity index (χ4n) is 3.08. The molecule has 3 rings (SSSR count). The topological polar surface area (TPSA) is 12.0 Å². The minimum Gasteiger partial charge on any atom is -0.316 e. The van der Waals surface area contributed by atoms with Gasteiger partial charge < -0.3 is 5.32 Å². The number of hydrogen-bond donors (Lipinski definition) is 1. The van der Waals surface area contributed by atoms with Gasteiger partial charge in [0.05, 0.1) is 0 Å². The molecule has 1 aliphatic carbocycles. The molecule has 1 aromatic rings. The molecule has 1 N–H and O–H groups in total. The van der Waals surface area contributed by atoms with Crippen LogP contribution in [0.5, 0.6) is 0 Å². The van der Waals surface area contributed by atoms with Crippen LogP contribution in [0.1, 0.15) is 24.5 Å². The smallest absolute Gasteiger partial charge is 0.0191 e. The molecule has 2 aliphatic rings. The van der Waals surface area contributed by atoms with Gasteiger partial charge >= 0.3 is 0 Å². The summed E-state index contributed by atoms with van der Waals surface area (Å²) in [6.07, 6.45) is 5.97. The number of allylic oxidation sites excluding steroid dienone is 1. The van der Waals surface area contributed by atoms with Crippen LogP contribution in [0.4, 0.5) is 0 Å². The van der Waals surface area contributed by atoms with Gasteiger partial charge in [-0.15, -0.1) is 0 Å². The van der Waals surface area contributed by atoms with E-state index in [9.17, 15) is 0 Å². The molecule has 2 atom stereocenters. The Kier molecular flexibility index (Phi) is 3.68. The molecule has 0 saturated carbocycles. The Morgan fingerprint density at radius 3 is 2.94 bits per heavy atom. The van der Waals surface area contributed by atoms with Crippen LogP contribution in [0.3, 0.4) is 0 Å². The van der Waals surface area contributed by atoms with E-state index in [2.05, 4.69) is 48.7 Å². The van der Waals surface area contributed by atoms with Crippen LogP contribution in [0.2, 0.25) is 0 Å². The summed E-state index contributed by atoms with van der Waals surface area (Å²) >= 11 is 0. The number of benzene rings is 1. The molecule has 0 amide bonds. The number of hydrogen-bond acceptors (Lipinski definition) is 1. The first-order chi connectivity index (χ1) is 7.33. The molecule has 81 valence electrons. The van der Waals surface area contributed by atoms with E-state index >= 15 is 0 Å². The average Bonchev–Trinajstić information content (AvgIpc) is 2.64. The Bertz CT molecular complexity index is 413. The fourth-order valence-corrected chi connectivity index (χ4v) is 3.08. The largest absolute Gasteiger partial charge is 0.316 e. The van der Waals surface area contributed by atoms with Gasteiger partial charge in [-0.2, -0.15) is 0 Å². The van der Waals surface area contributed by atoms with Crippen LogP contribution < -0.4 is 5.32 Å². The van der Waals surface area contributed by atoms with Crippen molar-refractivity contribution >= 4 is 6.08 Å². The summed E-state index contributed by atoms with van der Waals surface area (Å²) in [5.74, 6) is 0.700. The molecule has 1 spiro atoms. The standard InChI is InChI=1S/C14H17N.Y/c1-11-10-15-9-8-14(11)7-6-12-4-2-3-5-13(12)14;/h2-7,11,15H,8-10H2,1H3;/t11-,14-;/m0./s1. The van der Waals surface area contributed by atoms with E-state index in [1.54, 1.807) is 5.56 Å². The summed E-state index contributed by atoms with van der Waals surface area (Å²) in [7, 11) is 0. The normalized spacial score (nSPS) is 31.2. The predicted octanol–water partition coefficient (Wildman–Crippen LogP) is 2.58. The molecular weight excluding hydrogens is 271 g/mol. The van der Waals surface area contributed by atoms with Gasteiger partial charge in [0, 0.05) is 38.1 Å². The second-order valence-corrected chi connectivity index (χ2v) is 4.82. The zero-order chi connectivity index (χ0) is 10.3. The zero-order valence-electron chi connectivity index (χ0n) is 9.74.